The van der Waals surface area contributed by atoms with Gasteiger partial charge in [-0.1, -0.05) is 0 Å². The van der Waals surface area contributed by atoms with E-state index in [4.69, 9.17) is 18.9 Å². The van der Waals surface area contributed by atoms with Crippen LogP contribution < -0.4 is 14.2 Å². The van der Waals surface area contributed by atoms with Crippen LogP contribution in [0.5, 0.6) is 17.8 Å². The third kappa shape index (κ3) is 3.20. The van der Waals surface area contributed by atoms with Crippen molar-refractivity contribution < 1.29 is 18.9 Å². The molecule has 0 saturated carbocycles. The number of ether oxygens (including phenoxy) is 4. The minimum absolute atomic E-state index is 0.0454. The van der Waals surface area contributed by atoms with Gasteiger partial charge in [-0.15, -0.1) is 0 Å². The maximum absolute atomic E-state index is 5.67. The van der Waals surface area contributed by atoms with Crippen LogP contribution in [0.15, 0.2) is 6.07 Å². The first-order valence-electron chi connectivity index (χ1n) is 5.62. The third-order valence-electron chi connectivity index (χ3n) is 2.32. The van der Waals surface area contributed by atoms with E-state index in [1.165, 1.54) is 0 Å². The van der Waals surface area contributed by atoms with E-state index < -0.39 is 0 Å². The fourth-order valence-electron chi connectivity index (χ4n) is 1.52. The molecule has 0 bridgehead atoms. The Kier molecular flexibility index (Phi) is 3.98. The van der Waals surface area contributed by atoms with Gasteiger partial charge in [0.1, 0.15) is 6.10 Å². The maximum Gasteiger partial charge on any atom is 0.323 e. The second-order valence-corrected chi connectivity index (χ2v) is 3.57. The third-order valence-corrected chi connectivity index (χ3v) is 2.32. The molecule has 6 heteroatoms. The standard InChI is InChI=1S/C11H16N2O4/c1-3-16-11-12-9(14-2)6-10(13-11)17-8-4-5-15-7-8/h6,8H,3-5,7H2,1-2H3/t8-/m1/s1. The Balaban J connectivity index is 2.10. The van der Waals surface area contributed by atoms with Crippen molar-refractivity contribution >= 4 is 0 Å². The number of hydrogen-bond acceptors (Lipinski definition) is 6. The lowest BCUT2D eigenvalue weighted by Crippen LogP contribution is -2.17. The van der Waals surface area contributed by atoms with Gasteiger partial charge >= 0.3 is 6.01 Å². The van der Waals surface area contributed by atoms with Crippen LogP contribution in [0.3, 0.4) is 0 Å². The molecule has 0 aromatic carbocycles. The molecule has 2 heterocycles. The van der Waals surface area contributed by atoms with Crippen LogP contribution in [0.4, 0.5) is 0 Å². The fraction of sp³-hybridized carbons (Fsp3) is 0.636. The second-order valence-electron chi connectivity index (χ2n) is 3.57. The van der Waals surface area contributed by atoms with Gasteiger partial charge in [0.15, 0.2) is 0 Å². The monoisotopic (exact) mass is 240 g/mol. The number of nitrogens with zero attached hydrogens (tertiary/aromatic N) is 2. The minimum atomic E-state index is 0.0454. The van der Waals surface area contributed by atoms with Crippen LogP contribution >= 0.6 is 0 Å². The molecule has 1 aromatic rings. The lowest BCUT2D eigenvalue weighted by Gasteiger charge is -2.12. The predicted octanol–water partition coefficient (Wildman–Crippen LogP) is 1.05. The maximum atomic E-state index is 5.67. The molecule has 1 saturated heterocycles. The van der Waals surface area contributed by atoms with Crippen LogP contribution in [0.25, 0.3) is 0 Å². The van der Waals surface area contributed by atoms with Crippen LogP contribution in [0.1, 0.15) is 13.3 Å². The van der Waals surface area contributed by atoms with Crippen molar-refractivity contribution in [1.29, 1.82) is 0 Å². The molecule has 1 aliphatic rings. The highest BCUT2D eigenvalue weighted by Crippen LogP contribution is 2.21. The van der Waals surface area contributed by atoms with E-state index >= 15 is 0 Å². The zero-order valence-electron chi connectivity index (χ0n) is 10.0. The lowest BCUT2D eigenvalue weighted by atomic mass is 10.3. The highest BCUT2D eigenvalue weighted by Gasteiger charge is 2.19. The quantitative estimate of drug-likeness (QED) is 0.766. The average molecular weight is 240 g/mol. The Morgan fingerprint density at radius 2 is 2.24 bits per heavy atom. The average Bonchev–Trinajstić information content (AvgIpc) is 2.82. The smallest absolute Gasteiger partial charge is 0.323 e. The SMILES string of the molecule is CCOc1nc(OC)cc(O[C@@H]2CCOC2)n1. The van der Waals surface area contributed by atoms with Gasteiger partial charge in [0.25, 0.3) is 0 Å². The Bertz CT molecular complexity index is 366. The molecule has 0 radical (unpaired) electrons. The van der Waals surface area contributed by atoms with Gasteiger partial charge in [-0.3, -0.25) is 0 Å². The van der Waals surface area contributed by atoms with Gasteiger partial charge < -0.3 is 18.9 Å². The number of rotatable bonds is 5. The summed E-state index contributed by atoms with van der Waals surface area (Å²) in [4.78, 5) is 8.19. The largest absolute Gasteiger partial charge is 0.481 e. The molecular formula is C11H16N2O4. The molecule has 0 N–H and O–H groups in total. The second kappa shape index (κ2) is 5.67. The normalized spacial score (nSPS) is 19.1. The van der Waals surface area contributed by atoms with Gasteiger partial charge in [0.2, 0.25) is 11.8 Å². The fourth-order valence-corrected chi connectivity index (χ4v) is 1.52. The Labute approximate surface area is 99.9 Å². The van der Waals surface area contributed by atoms with Gasteiger partial charge in [-0.05, 0) is 6.92 Å². The molecule has 0 spiro atoms. The topological polar surface area (TPSA) is 62.7 Å². The van der Waals surface area contributed by atoms with Gasteiger partial charge in [0, 0.05) is 6.42 Å². The van der Waals surface area contributed by atoms with Crippen molar-refractivity contribution in [2.45, 2.75) is 19.4 Å². The molecule has 1 fully saturated rings. The van der Waals surface area contributed by atoms with E-state index in [9.17, 15) is 0 Å². The van der Waals surface area contributed by atoms with E-state index in [2.05, 4.69) is 9.97 Å². The van der Waals surface area contributed by atoms with E-state index in [0.717, 1.165) is 13.0 Å². The molecular weight excluding hydrogens is 224 g/mol. The summed E-state index contributed by atoms with van der Waals surface area (Å²) in [7, 11) is 1.54. The zero-order valence-corrected chi connectivity index (χ0v) is 10.0. The molecule has 17 heavy (non-hydrogen) atoms. The number of hydrogen-bond donors (Lipinski definition) is 0. The number of aromatic nitrogens is 2. The predicted molar refractivity (Wildman–Crippen MR) is 59.6 cm³/mol. The summed E-state index contributed by atoms with van der Waals surface area (Å²) in [6.07, 6.45) is 0.917. The van der Waals surface area contributed by atoms with Crippen LogP contribution in [0, 0.1) is 0 Å². The van der Waals surface area contributed by atoms with Crippen LogP contribution in [0.2, 0.25) is 0 Å². The molecule has 1 aromatic heterocycles. The summed E-state index contributed by atoms with van der Waals surface area (Å²) in [5, 5.41) is 0. The lowest BCUT2D eigenvalue weighted by molar-refractivity contribution is 0.136. The van der Waals surface area contributed by atoms with Gasteiger partial charge in [-0.2, -0.15) is 9.97 Å². The van der Waals surface area contributed by atoms with Gasteiger partial charge in [-0.25, -0.2) is 0 Å². The zero-order chi connectivity index (χ0) is 12.1. The highest BCUT2D eigenvalue weighted by atomic mass is 16.6. The molecule has 2 rings (SSSR count). The Hall–Kier alpha value is -1.56. The van der Waals surface area contributed by atoms with Crippen molar-refractivity contribution in [3.05, 3.63) is 6.07 Å². The summed E-state index contributed by atoms with van der Waals surface area (Å²) < 4.78 is 21.2. The molecule has 0 amide bonds. The first kappa shape index (κ1) is 11.9. The molecule has 1 atom stereocenters. The van der Waals surface area contributed by atoms with Crippen LogP contribution in [-0.2, 0) is 4.74 Å². The summed E-state index contributed by atoms with van der Waals surface area (Å²) in [5.74, 6) is 0.883. The van der Waals surface area contributed by atoms with Crippen molar-refractivity contribution in [2.24, 2.45) is 0 Å². The minimum Gasteiger partial charge on any atom is -0.481 e. The first-order chi connectivity index (χ1) is 8.31. The first-order valence-corrected chi connectivity index (χ1v) is 5.62. The summed E-state index contributed by atoms with van der Waals surface area (Å²) >= 11 is 0. The Morgan fingerprint density at radius 1 is 1.41 bits per heavy atom. The van der Waals surface area contributed by atoms with E-state index in [0.29, 0.717) is 25.0 Å². The van der Waals surface area contributed by atoms with Gasteiger partial charge in [0.05, 0.1) is 33.0 Å². The molecule has 0 aliphatic carbocycles. The van der Waals surface area contributed by atoms with Crippen molar-refractivity contribution in [3.8, 4) is 17.8 Å². The molecule has 1 aliphatic heterocycles. The van der Waals surface area contributed by atoms with E-state index in [1.54, 1.807) is 13.2 Å². The molecule has 6 nitrogen and oxygen atoms in total. The highest BCUT2D eigenvalue weighted by molar-refractivity contribution is 5.23. The summed E-state index contributed by atoms with van der Waals surface area (Å²) in [6.45, 7) is 3.69. The van der Waals surface area contributed by atoms with Crippen molar-refractivity contribution in [2.75, 3.05) is 26.9 Å². The van der Waals surface area contributed by atoms with Crippen molar-refractivity contribution in [1.82, 2.24) is 9.97 Å². The summed E-state index contributed by atoms with van der Waals surface area (Å²) in [6, 6.07) is 1.90. The molecule has 94 valence electrons. The van der Waals surface area contributed by atoms with E-state index in [-0.39, 0.29) is 12.1 Å². The number of methoxy groups -OCH3 is 1. The Morgan fingerprint density at radius 3 is 2.88 bits per heavy atom. The molecule has 0 unspecified atom stereocenters. The van der Waals surface area contributed by atoms with Crippen LogP contribution in [-0.4, -0.2) is 43.0 Å². The summed E-state index contributed by atoms with van der Waals surface area (Å²) in [5.41, 5.74) is 0. The van der Waals surface area contributed by atoms with E-state index in [1.807, 2.05) is 6.92 Å². The van der Waals surface area contributed by atoms with Crippen molar-refractivity contribution in [3.63, 3.8) is 0 Å².